The number of hydrogen-bond donors (Lipinski definition) is 2. The lowest BCUT2D eigenvalue weighted by Gasteiger charge is -2.40. The van der Waals surface area contributed by atoms with Gasteiger partial charge in [0, 0.05) is 23.1 Å². The number of anilines is 2. The molecule has 0 unspecified atom stereocenters. The molecule has 1 aromatic heterocycles. The Labute approximate surface area is 287 Å². The molecule has 0 aliphatic heterocycles. The van der Waals surface area contributed by atoms with E-state index in [9.17, 15) is 19.5 Å². The van der Waals surface area contributed by atoms with E-state index in [1.54, 1.807) is 24.3 Å². The first-order valence-corrected chi connectivity index (χ1v) is 16.5. The quantitative estimate of drug-likeness (QED) is 0.0983. The number of rotatable bonds is 15. The Morgan fingerprint density at radius 1 is 0.796 bits per heavy atom. The third-order valence-corrected chi connectivity index (χ3v) is 8.76. The second kappa shape index (κ2) is 16.5. The smallest absolute Gasteiger partial charge is 0.481 e. The van der Waals surface area contributed by atoms with Gasteiger partial charge in [0.1, 0.15) is 25.2 Å². The predicted octanol–water partition coefficient (Wildman–Crippen LogP) is 6.13. The normalized spacial score (nSPS) is 11.8. The lowest BCUT2D eigenvalue weighted by molar-refractivity contribution is -0.899. The molecule has 0 fully saturated rings. The molecular formula is C37H36N5O6S+. The maximum Gasteiger partial charge on any atom is 0.517 e. The van der Waals surface area contributed by atoms with Crippen LogP contribution in [0, 0.1) is 0 Å². The molecule has 1 atom stereocenters. The van der Waals surface area contributed by atoms with E-state index in [-0.39, 0.29) is 49.0 Å². The Hall–Kier alpha value is -5.56. The van der Waals surface area contributed by atoms with E-state index in [1.165, 1.54) is 10.4 Å². The zero-order chi connectivity index (χ0) is 34.6. The summed E-state index contributed by atoms with van der Waals surface area (Å²) in [6.45, 7) is -0.402. The number of nitrogens with two attached hydrogens (primary N) is 1. The van der Waals surface area contributed by atoms with Gasteiger partial charge in [-0.05, 0) is 17.7 Å². The van der Waals surface area contributed by atoms with Crippen LogP contribution >= 0.6 is 11.3 Å². The van der Waals surface area contributed by atoms with Crippen molar-refractivity contribution in [2.45, 2.75) is 38.6 Å². The molecule has 0 saturated heterocycles. The molecule has 0 bridgehead atoms. The van der Waals surface area contributed by atoms with Crippen molar-refractivity contribution in [3.63, 3.8) is 0 Å². The Balaban J connectivity index is 1.70. The summed E-state index contributed by atoms with van der Waals surface area (Å²) in [7, 11) is 0. The van der Waals surface area contributed by atoms with Crippen LogP contribution < -0.4 is 10.6 Å². The first kappa shape index (κ1) is 34.8. The van der Waals surface area contributed by atoms with Gasteiger partial charge < -0.3 is 15.6 Å². The minimum atomic E-state index is -1.26. The maximum absolute atomic E-state index is 15.2. The summed E-state index contributed by atoms with van der Waals surface area (Å²) in [5, 5.41) is 18.0. The standard InChI is InChI=1S/C37H35N5O6S/c38-22-33(43)41(36-40-39-26-49-36)31-19-11-10-18-30(31)35(46)32(20-21-34(44)45)42(23-27-12-4-1-5-13-27,24-28-14-6-2-7-15-28)37(47)48-25-29-16-8-3-9-17-29/h1-19,26,32H,20-25,38H2/p+1/t32-/m0/s1. The van der Waals surface area contributed by atoms with Crippen LogP contribution in [0.2, 0.25) is 0 Å². The molecule has 5 aromatic rings. The van der Waals surface area contributed by atoms with Crippen molar-refractivity contribution >= 4 is 45.9 Å². The molecule has 0 spiro atoms. The highest BCUT2D eigenvalue weighted by Gasteiger charge is 2.51. The van der Waals surface area contributed by atoms with Gasteiger partial charge in [-0.15, -0.1) is 10.2 Å². The number of aromatic nitrogens is 2. The molecule has 5 rings (SSSR count). The van der Waals surface area contributed by atoms with Crippen LogP contribution in [0.3, 0.4) is 0 Å². The van der Waals surface area contributed by atoms with Gasteiger partial charge >= 0.3 is 12.1 Å². The molecule has 49 heavy (non-hydrogen) atoms. The average molecular weight is 679 g/mol. The number of carboxylic acids is 1. The first-order chi connectivity index (χ1) is 23.8. The van der Waals surface area contributed by atoms with E-state index in [1.807, 2.05) is 91.0 Å². The largest absolute Gasteiger partial charge is 0.517 e. The van der Waals surface area contributed by atoms with Crippen molar-refractivity contribution in [1.29, 1.82) is 0 Å². The molecule has 0 radical (unpaired) electrons. The third kappa shape index (κ3) is 8.49. The SMILES string of the molecule is NCC(=O)N(c1nncs1)c1ccccc1C(=O)[C@H](CCC(=O)O)[N+](Cc1ccccc1)(Cc1ccccc1)C(=O)OCc1ccccc1. The van der Waals surface area contributed by atoms with Crippen LogP contribution in [-0.2, 0) is 34.0 Å². The van der Waals surface area contributed by atoms with E-state index in [0.717, 1.165) is 28.0 Å². The number of nitrogens with zero attached hydrogens (tertiary/aromatic N) is 4. The average Bonchev–Trinajstić information content (AvgIpc) is 3.66. The molecule has 250 valence electrons. The minimum Gasteiger partial charge on any atom is -0.481 e. The van der Waals surface area contributed by atoms with Crippen LogP contribution in [0.5, 0.6) is 0 Å². The number of quaternary nitrogens is 1. The van der Waals surface area contributed by atoms with Gasteiger partial charge in [0.25, 0.3) is 0 Å². The van der Waals surface area contributed by atoms with Gasteiger partial charge in [-0.1, -0.05) is 114 Å². The van der Waals surface area contributed by atoms with E-state index in [2.05, 4.69) is 10.2 Å². The van der Waals surface area contributed by atoms with Crippen molar-refractivity contribution < 1.29 is 33.5 Å². The van der Waals surface area contributed by atoms with E-state index >= 15 is 4.79 Å². The summed E-state index contributed by atoms with van der Waals surface area (Å²) in [6.07, 6.45) is -1.31. The maximum atomic E-state index is 15.2. The lowest BCUT2D eigenvalue weighted by Crippen LogP contribution is -2.61. The van der Waals surface area contributed by atoms with Gasteiger partial charge in [0.05, 0.1) is 18.7 Å². The zero-order valence-electron chi connectivity index (χ0n) is 26.6. The number of para-hydroxylation sites is 1. The number of aliphatic carboxylic acids is 1. The summed E-state index contributed by atoms with van der Waals surface area (Å²) in [6, 6.07) is 32.8. The molecule has 12 heteroatoms. The highest BCUT2D eigenvalue weighted by Crippen LogP contribution is 2.36. The second-order valence-corrected chi connectivity index (χ2v) is 12.2. The molecule has 0 aliphatic carbocycles. The van der Waals surface area contributed by atoms with E-state index in [0.29, 0.717) is 0 Å². The number of carbonyl (C=O) groups is 4. The number of benzene rings is 4. The van der Waals surface area contributed by atoms with Crippen LogP contribution in [0.25, 0.3) is 0 Å². The van der Waals surface area contributed by atoms with Gasteiger partial charge in [-0.2, -0.15) is 4.79 Å². The summed E-state index contributed by atoms with van der Waals surface area (Å²) < 4.78 is 5.46. The Bertz CT molecular complexity index is 1820. The summed E-state index contributed by atoms with van der Waals surface area (Å²) >= 11 is 1.09. The van der Waals surface area contributed by atoms with E-state index in [4.69, 9.17) is 10.5 Å². The monoisotopic (exact) mass is 678 g/mol. The van der Waals surface area contributed by atoms with Gasteiger partial charge in [-0.25, -0.2) is 4.48 Å². The molecule has 1 heterocycles. The van der Waals surface area contributed by atoms with E-state index < -0.39 is 40.7 Å². The van der Waals surface area contributed by atoms with Crippen LogP contribution in [-0.4, -0.2) is 56.1 Å². The zero-order valence-corrected chi connectivity index (χ0v) is 27.4. The lowest BCUT2D eigenvalue weighted by atomic mass is 9.93. The number of carbonyl (C=O) groups excluding carboxylic acids is 3. The fourth-order valence-corrected chi connectivity index (χ4v) is 6.41. The second-order valence-electron chi connectivity index (χ2n) is 11.3. The highest BCUT2D eigenvalue weighted by atomic mass is 32.1. The molecule has 11 nitrogen and oxygen atoms in total. The Kier molecular flexibility index (Phi) is 11.7. The molecule has 0 saturated carbocycles. The molecule has 3 N–H and O–H groups in total. The molecule has 4 aromatic carbocycles. The van der Waals surface area contributed by atoms with Crippen LogP contribution in [0.4, 0.5) is 15.6 Å². The summed E-state index contributed by atoms with van der Waals surface area (Å²) in [5.74, 6) is -2.20. The number of hydrogen-bond acceptors (Lipinski definition) is 9. The number of carboxylic acid groups (broad SMARTS) is 1. The van der Waals surface area contributed by atoms with Crippen molar-refractivity contribution in [1.82, 2.24) is 10.2 Å². The Morgan fingerprint density at radius 3 is 1.88 bits per heavy atom. The molecule has 2 amide bonds. The topological polar surface area (TPSA) is 153 Å². The van der Waals surface area contributed by atoms with Crippen LogP contribution in [0.1, 0.15) is 39.9 Å². The fraction of sp³-hybridized carbons (Fsp3) is 0.189. The number of amides is 2. The van der Waals surface area contributed by atoms with Crippen LogP contribution in [0.15, 0.2) is 121 Å². The number of ketones is 1. The van der Waals surface area contributed by atoms with Crippen molar-refractivity contribution in [2.75, 3.05) is 11.4 Å². The molecular weight excluding hydrogens is 643 g/mol. The predicted molar refractivity (Wildman–Crippen MR) is 185 cm³/mol. The number of ether oxygens (including phenoxy) is 1. The highest BCUT2D eigenvalue weighted by molar-refractivity contribution is 7.13. The van der Waals surface area contributed by atoms with Gasteiger partial charge in [0.2, 0.25) is 16.8 Å². The fourth-order valence-electron chi connectivity index (χ4n) is 5.82. The first-order valence-electron chi connectivity index (χ1n) is 15.6. The Morgan fingerprint density at radius 2 is 1.35 bits per heavy atom. The van der Waals surface area contributed by atoms with Gasteiger partial charge in [0.15, 0.2) is 6.04 Å². The summed E-state index contributed by atoms with van der Waals surface area (Å²) in [4.78, 5) is 56.5. The minimum absolute atomic E-state index is 0.0173. The van der Waals surface area contributed by atoms with Gasteiger partial charge in [-0.3, -0.25) is 19.3 Å². The van der Waals surface area contributed by atoms with Crippen molar-refractivity contribution in [3.8, 4) is 0 Å². The van der Waals surface area contributed by atoms with Crippen molar-refractivity contribution in [3.05, 3.63) is 143 Å². The summed E-state index contributed by atoms with van der Waals surface area (Å²) in [5.41, 5.74) is 9.77. The van der Waals surface area contributed by atoms with Crippen molar-refractivity contribution in [2.24, 2.45) is 5.73 Å². The third-order valence-electron chi connectivity index (χ3n) is 8.09. The number of Topliss-reactive ketones (excluding diaryl/α,β-unsaturated/α-hetero) is 1. The molecule has 0 aliphatic rings.